The molecule has 0 atom stereocenters. The van der Waals surface area contributed by atoms with E-state index in [2.05, 4.69) is 9.88 Å². The molecule has 26 heavy (non-hydrogen) atoms. The van der Waals surface area contributed by atoms with E-state index in [0.717, 1.165) is 41.8 Å². The summed E-state index contributed by atoms with van der Waals surface area (Å²) in [5, 5.41) is 11.5. The summed E-state index contributed by atoms with van der Waals surface area (Å²) in [5.41, 5.74) is 7.45. The largest absolute Gasteiger partial charge is 0.506 e. The highest BCUT2D eigenvalue weighted by Gasteiger charge is 2.19. The SMILES string of the molecule is COc1cc(-c2cn(C)c(=O)c3cnc(N4CCC4)cc23)cc(O)c1N. The van der Waals surface area contributed by atoms with Crippen LogP contribution >= 0.6 is 0 Å². The summed E-state index contributed by atoms with van der Waals surface area (Å²) in [6.45, 7) is 1.93. The van der Waals surface area contributed by atoms with Crippen molar-refractivity contribution in [2.75, 3.05) is 30.8 Å². The number of hydrogen-bond donors (Lipinski definition) is 2. The van der Waals surface area contributed by atoms with Crippen molar-refractivity contribution in [2.24, 2.45) is 7.05 Å². The average molecular weight is 352 g/mol. The Balaban J connectivity index is 2.00. The fraction of sp³-hybridized carbons (Fsp3) is 0.263. The zero-order chi connectivity index (χ0) is 18.4. The van der Waals surface area contributed by atoms with Crippen molar-refractivity contribution in [3.8, 4) is 22.6 Å². The maximum absolute atomic E-state index is 12.5. The number of ether oxygens (including phenoxy) is 1. The van der Waals surface area contributed by atoms with Gasteiger partial charge in [0.25, 0.3) is 5.56 Å². The molecule has 7 heteroatoms. The second-order valence-electron chi connectivity index (χ2n) is 6.50. The van der Waals surface area contributed by atoms with Gasteiger partial charge in [-0.3, -0.25) is 4.79 Å². The maximum Gasteiger partial charge on any atom is 0.259 e. The van der Waals surface area contributed by atoms with E-state index in [1.54, 1.807) is 31.6 Å². The zero-order valence-corrected chi connectivity index (χ0v) is 14.7. The molecular weight excluding hydrogens is 332 g/mol. The van der Waals surface area contributed by atoms with E-state index in [-0.39, 0.29) is 17.0 Å². The number of methoxy groups -OCH3 is 1. The molecule has 3 heterocycles. The van der Waals surface area contributed by atoms with Crippen LogP contribution in [-0.2, 0) is 7.05 Å². The minimum atomic E-state index is -0.113. The van der Waals surface area contributed by atoms with Gasteiger partial charge in [-0.1, -0.05) is 0 Å². The molecule has 0 amide bonds. The number of aromatic nitrogens is 2. The fourth-order valence-electron chi connectivity index (χ4n) is 3.23. The molecule has 2 aromatic heterocycles. The third-order valence-corrected chi connectivity index (χ3v) is 4.88. The van der Waals surface area contributed by atoms with Crippen molar-refractivity contribution in [3.63, 3.8) is 0 Å². The van der Waals surface area contributed by atoms with E-state index in [4.69, 9.17) is 10.5 Å². The molecule has 0 aliphatic carbocycles. The van der Waals surface area contributed by atoms with Gasteiger partial charge in [0.1, 0.15) is 23.0 Å². The third-order valence-electron chi connectivity index (χ3n) is 4.88. The molecular formula is C19H20N4O3. The molecule has 134 valence electrons. The number of phenolic OH excluding ortho intramolecular Hbond substituents is 1. The lowest BCUT2D eigenvalue weighted by molar-refractivity contribution is 0.411. The fourth-order valence-corrected chi connectivity index (χ4v) is 3.23. The Bertz CT molecular complexity index is 1070. The minimum absolute atomic E-state index is 0.0571. The molecule has 0 unspecified atom stereocenters. The number of nitrogen functional groups attached to an aromatic ring is 1. The first-order valence-electron chi connectivity index (χ1n) is 8.41. The van der Waals surface area contributed by atoms with Gasteiger partial charge in [-0.2, -0.15) is 0 Å². The molecule has 1 aliphatic heterocycles. The number of hydrogen-bond acceptors (Lipinski definition) is 6. The number of nitrogens with two attached hydrogens (primary N) is 1. The summed E-state index contributed by atoms with van der Waals surface area (Å²) in [6, 6.07) is 5.28. The summed E-state index contributed by atoms with van der Waals surface area (Å²) < 4.78 is 6.78. The molecule has 0 bridgehead atoms. The van der Waals surface area contributed by atoms with Crippen LogP contribution in [0.3, 0.4) is 0 Å². The van der Waals surface area contributed by atoms with Crippen LogP contribution in [0, 0.1) is 0 Å². The zero-order valence-electron chi connectivity index (χ0n) is 14.7. The lowest BCUT2D eigenvalue weighted by Crippen LogP contribution is -2.37. The molecule has 0 saturated carbocycles. The number of rotatable bonds is 3. The summed E-state index contributed by atoms with van der Waals surface area (Å²) in [7, 11) is 3.20. The summed E-state index contributed by atoms with van der Waals surface area (Å²) in [6.07, 6.45) is 4.53. The standard InChI is InChI=1S/C19H20N4O3/c1-22-10-14(11-6-15(24)18(20)16(7-11)26-2)12-8-17(23-4-3-5-23)21-9-13(12)19(22)25/h6-10,24H,3-5,20H2,1-2H3. The Kier molecular flexibility index (Phi) is 3.72. The van der Waals surface area contributed by atoms with Gasteiger partial charge in [0.05, 0.1) is 12.5 Å². The van der Waals surface area contributed by atoms with E-state index in [9.17, 15) is 9.90 Å². The summed E-state index contributed by atoms with van der Waals surface area (Å²) in [4.78, 5) is 19.2. The number of nitrogens with zero attached hydrogens (tertiary/aromatic N) is 3. The Hall–Kier alpha value is -3.22. The molecule has 1 saturated heterocycles. The van der Waals surface area contributed by atoms with E-state index in [1.807, 2.05) is 6.07 Å². The lowest BCUT2D eigenvalue weighted by atomic mass is 10.00. The number of aryl methyl sites for hydroxylation is 1. The number of pyridine rings is 2. The molecule has 0 radical (unpaired) electrons. The van der Waals surface area contributed by atoms with Crippen LogP contribution in [0.15, 0.2) is 35.4 Å². The molecule has 3 aromatic rings. The predicted octanol–water partition coefficient (Wildman–Crippen LogP) is 2.11. The van der Waals surface area contributed by atoms with Gasteiger partial charge >= 0.3 is 0 Å². The lowest BCUT2D eigenvalue weighted by Gasteiger charge is -2.32. The Labute approximate surface area is 150 Å². The Morgan fingerprint density at radius 2 is 2.00 bits per heavy atom. The second-order valence-corrected chi connectivity index (χ2v) is 6.50. The first-order chi connectivity index (χ1) is 12.5. The van der Waals surface area contributed by atoms with E-state index >= 15 is 0 Å². The van der Waals surface area contributed by atoms with Crippen LogP contribution in [0.5, 0.6) is 11.5 Å². The van der Waals surface area contributed by atoms with Gasteiger partial charge in [-0.25, -0.2) is 4.98 Å². The first-order valence-corrected chi connectivity index (χ1v) is 8.41. The predicted molar refractivity (Wildman–Crippen MR) is 102 cm³/mol. The van der Waals surface area contributed by atoms with Crippen molar-refractivity contribution in [1.82, 2.24) is 9.55 Å². The minimum Gasteiger partial charge on any atom is -0.506 e. The van der Waals surface area contributed by atoms with E-state index in [1.165, 1.54) is 11.7 Å². The van der Waals surface area contributed by atoms with Gasteiger partial charge < -0.3 is 25.0 Å². The van der Waals surface area contributed by atoms with E-state index in [0.29, 0.717) is 11.1 Å². The van der Waals surface area contributed by atoms with Crippen LogP contribution in [0.25, 0.3) is 21.9 Å². The monoisotopic (exact) mass is 352 g/mol. The summed E-state index contributed by atoms with van der Waals surface area (Å²) in [5.74, 6) is 1.18. The van der Waals surface area contributed by atoms with Crippen LogP contribution in [0.1, 0.15) is 6.42 Å². The van der Waals surface area contributed by atoms with Crippen molar-refractivity contribution in [3.05, 3.63) is 40.9 Å². The first kappa shape index (κ1) is 16.3. The normalized spacial score (nSPS) is 13.7. The summed E-state index contributed by atoms with van der Waals surface area (Å²) >= 11 is 0. The van der Waals surface area contributed by atoms with Gasteiger partial charge in [0, 0.05) is 43.5 Å². The highest BCUT2D eigenvalue weighted by molar-refractivity contribution is 5.97. The smallest absolute Gasteiger partial charge is 0.259 e. The quantitative estimate of drug-likeness (QED) is 0.554. The van der Waals surface area contributed by atoms with Gasteiger partial charge in [0.15, 0.2) is 0 Å². The second kappa shape index (κ2) is 5.94. The average Bonchev–Trinajstić information content (AvgIpc) is 2.59. The van der Waals surface area contributed by atoms with Gasteiger partial charge in [-0.15, -0.1) is 0 Å². The van der Waals surface area contributed by atoms with Crippen LogP contribution in [0.4, 0.5) is 11.5 Å². The molecule has 7 nitrogen and oxygen atoms in total. The molecule has 0 spiro atoms. The van der Waals surface area contributed by atoms with Crippen LogP contribution in [0.2, 0.25) is 0 Å². The molecule has 1 aromatic carbocycles. The molecule has 3 N–H and O–H groups in total. The van der Waals surface area contributed by atoms with E-state index < -0.39 is 0 Å². The topological polar surface area (TPSA) is 93.6 Å². The molecule has 1 fully saturated rings. The third kappa shape index (κ3) is 2.44. The van der Waals surface area contributed by atoms with Crippen LogP contribution in [-0.4, -0.2) is 34.9 Å². The van der Waals surface area contributed by atoms with Crippen molar-refractivity contribution in [2.45, 2.75) is 6.42 Å². The van der Waals surface area contributed by atoms with Crippen molar-refractivity contribution >= 4 is 22.3 Å². The highest BCUT2D eigenvalue weighted by Crippen LogP contribution is 2.38. The molecule has 4 rings (SSSR count). The highest BCUT2D eigenvalue weighted by atomic mass is 16.5. The maximum atomic E-state index is 12.5. The number of phenols is 1. The Morgan fingerprint density at radius 1 is 1.23 bits per heavy atom. The Morgan fingerprint density at radius 3 is 2.65 bits per heavy atom. The van der Waals surface area contributed by atoms with Gasteiger partial charge in [-0.05, 0) is 30.2 Å². The number of aromatic hydroxyl groups is 1. The molecule has 1 aliphatic rings. The number of anilines is 2. The van der Waals surface area contributed by atoms with Crippen molar-refractivity contribution < 1.29 is 9.84 Å². The van der Waals surface area contributed by atoms with Crippen LogP contribution < -0.4 is 20.9 Å². The number of benzene rings is 1. The van der Waals surface area contributed by atoms with Gasteiger partial charge in [0.2, 0.25) is 0 Å². The van der Waals surface area contributed by atoms with Crippen molar-refractivity contribution in [1.29, 1.82) is 0 Å². The number of fused-ring (bicyclic) bond motifs is 1.